The molecule has 3 aromatic rings. The van der Waals surface area contributed by atoms with E-state index in [1.165, 1.54) is 24.3 Å². The van der Waals surface area contributed by atoms with Gasteiger partial charge in [-0.1, -0.05) is 0 Å². The van der Waals surface area contributed by atoms with Gasteiger partial charge < -0.3 is 19.9 Å². The van der Waals surface area contributed by atoms with Crippen LogP contribution in [0.15, 0.2) is 54.9 Å². The number of benzene rings is 1. The number of nitrogens with one attached hydrogen (secondary N) is 2. The summed E-state index contributed by atoms with van der Waals surface area (Å²) in [6.45, 7) is 2.61. The van der Waals surface area contributed by atoms with Crippen LogP contribution in [0.3, 0.4) is 0 Å². The van der Waals surface area contributed by atoms with Gasteiger partial charge in [0, 0.05) is 31.5 Å². The highest BCUT2D eigenvalue weighted by Crippen LogP contribution is 2.11. The van der Waals surface area contributed by atoms with Crippen molar-refractivity contribution in [3.63, 3.8) is 0 Å². The third-order valence-corrected chi connectivity index (χ3v) is 3.63. The lowest BCUT2D eigenvalue weighted by Gasteiger charge is -2.10. The van der Waals surface area contributed by atoms with Crippen molar-refractivity contribution in [1.82, 2.24) is 19.9 Å². The van der Waals surface area contributed by atoms with Crippen LogP contribution >= 0.6 is 0 Å². The molecule has 0 radical (unpaired) electrons. The number of hydrogen-bond donors (Lipinski definition) is 2. The molecule has 0 spiro atoms. The monoisotopic (exact) mass is 369 g/mol. The standard InChI is InChI=1S/C19H20FN5O2/c1-14-23-17(12-18(24-14)25-10-2-3-11-25)21-8-9-22-19(26)13-27-16-6-4-15(20)5-7-16/h2-7,10-12H,8-9,13H2,1H3,(H,22,26)(H,21,23,24). The zero-order chi connectivity index (χ0) is 19.1. The molecule has 0 aliphatic carbocycles. The Morgan fingerprint density at radius 2 is 1.89 bits per heavy atom. The highest BCUT2D eigenvalue weighted by atomic mass is 19.1. The van der Waals surface area contributed by atoms with Crippen LogP contribution in [0.1, 0.15) is 5.82 Å². The summed E-state index contributed by atoms with van der Waals surface area (Å²) < 4.78 is 20.0. The maximum absolute atomic E-state index is 12.8. The van der Waals surface area contributed by atoms with Crippen molar-refractivity contribution < 1.29 is 13.9 Å². The van der Waals surface area contributed by atoms with Crippen LogP contribution in [-0.4, -0.2) is 40.1 Å². The van der Waals surface area contributed by atoms with E-state index in [0.717, 1.165) is 5.82 Å². The van der Waals surface area contributed by atoms with Gasteiger partial charge in [0.15, 0.2) is 6.61 Å². The van der Waals surface area contributed by atoms with E-state index in [9.17, 15) is 9.18 Å². The minimum absolute atomic E-state index is 0.129. The second kappa shape index (κ2) is 8.79. The van der Waals surface area contributed by atoms with Gasteiger partial charge in [0.2, 0.25) is 0 Å². The van der Waals surface area contributed by atoms with Crippen molar-refractivity contribution in [3.8, 4) is 11.6 Å². The first-order valence-electron chi connectivity index (χ1n) is 8.48. The lowest BCUT2D eigenvalue weighted by Crippen LogP contribution is -2.32. The number of ether oxygens (including phenoxy) is 1. The zero-order valence-corrected chi connectivity index (χ0v) is 14.9. The maximum atomic E-state index is 12.8. The van der Waals surface area contributed by atoms with Crippen molar-refractivity contribution in [2.45, 2.75) is 6.92 Å². The number of halogens is 1. The molecule has 140 valence electrons. The van der Waals surface area contributed by atoms with Gasteiger partial charge in [0.25, 0.3) is 5.91 Å². The Balaban J connectivity index is 1.42. The number of amides is 1. The topological polar surface area (TPSA) is 81.1 Å². The predicted molar refractivity (Wildman–Crippen MR) is 99.5 cm³/mol. The Labute approximate surface area is 156 Å². The maximum Gasteiger partial charge on any atom is 0.258 e. The molecule has 1 aromatic carbocycles. The third kappa shape index (κ3) is 5.53. The van der Waals surface area contributed by atoms with Crippen LogP contribution in [0, 0.1) is 12.7 Å². The Kier molecular flexibility index (Phi) is 5.98. The summed E-state index contributed by atoms with van der Waals surface area (Å²) in [5, 5.41) is 5.90. The van der Waals surface area contributed by atoms with Crippen LogP contribution in [0.2, 0.25) is 0 Å². The lowest BCUT2D eigenvalue weighted by atomic mass is 10.3. The predicted octanol–water partition coefficient (Wildman–Crippen LogP) is 2.32. The number of aromatic nitrogens is 3. The minimum Gasteiger partial charge on any atom is -0.484 e. The van der Waals surface area contributed by atoms with E-state index in [1.807, 2.05) is 42.1 Å². The van der Waals surface area contributed by atoms with Gasteiger partial charge in [-0.05, 0) is 43.3 Å². The number of rotatable bonds is 8. The summed E-state index contributed by atoms with van der Waals surface area (Å²) in [5.41, 5.74) is 0. The van der Waals surface area contributed by atoms with Crippen LogP contribution in [0.5, 0.6) is 5.75 Å². The first kappa shape index (κ1) is 18.4. The number of carbonyl (C=O) groups excluding carboxylic acids is 1. The summed E-state index contributed by atoms with van der Waals surface area (Å²) >= 11 is 0. The molecule has 0 unspecified atom stereocenters. The van der Waals surface area contributed by atoms with Crippen molar-refractivity contribution in [2.24, 2.45) is 0 Å². The van der Waals surface area contributed by atoms with E-state index < -0.39 is 0 Å². The fraction of sp³-hybridized carbons (Fsp3) is 0.211. The number of anilines is 1. The van der Waals surface area contributed by atoms with Crippen LogP contribution < -0.4 is 15.4 Å². The van der Waals surface area contributed by atoms with Crippen molar-refractivity contribution in [2.75, 3.05) is 25.0 Å². The van der Waals surface area contributed by atoms with Crippen molar-refractivity contribution in [3.05, 3.63) is 66.5 Å². The molecular formula is C19H20FN5O2. The molecule has 0 aliphatic rings. The molecule has 0 saturated carbocycles. The van der Waals surface area contributed by atoms with E-state index in [4.69, 9.17) is 4.74 Å². The summed E-state index contributed by atoms with van der Waals surface area (Å²) in [4.78, 5) is 20.5. The molecule has 0 fully saturated rings. The zero-order valence-electron chi connectivity index (χ0n) is 14.9. The lowest BCUT2D eigenvalue weighted by molar-refractivity contribution is -0.123. The average molecular weight is 369 g/mol. The summed E-state index contributed by atoms with van der Waals surface area (Å²) in [7, 11) is 0. The van der Waals surface area contributed by atoms with Gasteiger partial charge in [0.05, 0.1) is 0 Å². The summed E-state index contributed by atoms with van der Waals surface area (Å²) in [6, 6.07) is 11.2. The quantitative estimate of drug-likeness (QED) is 0.596. The summed E-state index contributed by atoms with van der Waals surface area (Å²) in [6.07, 6.45) is 3.82. The number of aryl methyl sites for hydroxylation is 1. The molecule has 0 aliphatic heterocycles. The van der Waals surface area contributed by atoms with Crippen molar-refractivity contribution >= 4 is 11.7 Å². The molecular weight excluding hydrogens is 349 g/mol. The molecule has 1 amide bonds. The molecule has 0 atom stereocenters. The van der Waals surface area contributed by atoms with Gasteiger partial charge >= 0.3 is 0 Å². The SMILES string of the molecule is Cc1nc(NCCNC(=O)COc2ccc(F)cc2)cc(-n2cccc2)n1. The third-order valence-electron chi connectivity index (χ3n) is 3.63. The Morgan fingerprint density at radius 3 is 2.63 bits per heavy atom. The van der Waals surface area contributed by atoms with Crippen LogP contribution in [0.4, 0.5) is 10.2 Å². The van der Waals surface area contributed by atoms with E-state index in [0.29, 0.717) is 30.5 Å². The number of nitrogens with zero attached hydrogens (tertiary/aromatic N) is 3. The minimum atomic E-state index is -0.349. The second-order valence-corrected chi connectivity index (χ2v) is 5.77. The Bertz CT molecular complexity index is 882. The van der Waals surface area contributed by atoms with Gasteiger partial charge in [0.1, 0.15) is 29.0 Å². The fourth-order valence-electron chi connectivity index (χ4n) is 2.39. The highest BCUT2D eigenvalue weighted by molar-refractivity contribution is 5.77. The molecule has 2 aromatic heterocycles. The second-order valence-electron chi connectivity index (χ2n) is 5.77. The summed E-state index contributed by atoms with van der Waals surface area (Å²) in [5.74, 6) is 1.94. The van der Waals surface area contributed by atoms with Gasteiger partial charge in [-0.15, -0.1) is 0 Å². The van der Waals surface area contributed by atoms with Gasteiger partial charge in [-0.25, -0.2) is 14.4 Å². The molecule has 3 rings (SSSR count). The van der Waals surface area contributed by atoms with E-state index in [1.54, 1.807) is 0 Å². The number of carbonyl (C=O) groups is 1. The Morgan fingerprint density at radius 1 is 1.15 bits per heavy atom. The normalized spacial score (nSPS) is 10.4. The molecule has 8 heteroatoms. The first-order valence-corrected chi connectivity index (χ1v) is 8.48. The molecule has 2 N–H and O–H groups in total. The van der Waals surface area contributed by atoms with E-state index in [-0.39, 0.29) is 18.3 Å². The van der Waals surface area contributed by atoms with Gasteiger partial charge in [-0.2, -0.15) is 0 Å². The van der Waals surface area contributed by atoms with Crippen molar-refractivity contribution in [1.29, 1.82) is 0 Å². The fourth-order valence-corrected chi connectivity index (χ4v) is 2.39. The molecule has 27 heavy (non-hydrogen) atoms. The Hall–Kier alpha value is -3.42. The highest BCUT2D eigenvalue weighted by Gasteiger charge is 2.05. The van der Waals surface area contributed by atoms with Gasteiger partial charge in [-0.3, -0.25) is 4.79 Å². The molecule has 0 bridgehead atoms. The van der Waals surface area contributed by atoms with E-state index >= 15 is 0 Å². The molecule has 2 heterocycles. The smallest absolute Gasteiger partial charge is 0.258 e. The van der Waals surface area contributed by atoms with Crippen LogP contribution in [-0.2, 0) is 4.79 Å². The first-order chi connectivity index (χ1) is 13.1. The van der Waals surface area contributed by atoms with Crippen LogP contribution in [0.25, 0.3) is 5.82 Å². The molecule has 0 saturated heterocycles. The van der Waals surface area contributed by atoms with E-state index in [2.05, 4.69) is 20.6 Å². The number of hydrogen-bond acceptors (Lipinski definition) is 5. The largest absolute Gasteiger partial charge is 0.484 e. The average Bonchev–Trinajstić information content (AvgIpc) is 3.19. The molecule has 7 nitrogen and oxygen atoms in total.